The van der Waals surface area contributed by atoms with Gasteiger partial charge in [0.2, 0.25) is 5.75 Å². The van der Waals surface area contributed by atoms with Gasteiger partial charge in [-0.1, -0.05) is 0 Å². The van der Waals surface area contributed by atoms with Gasteiger partial charge in [-0.2, -0.15) is 0 Å². The Morgan fingerprint density at radius 1 is 1.25 bits per heavy atom. The highest BCUT2D eigenvalue weighted by atomic mass is 16.5. The number of ketones is 1. The molecule has 0 amide bonds. The van der Waals surface area contributed by atoms with E-state index in [1.807, 2.05) is 0 Å². The maximum atomic E-state index is 11.5. The second kappa shape index (κ2) is 5.37. The molecule has 1 aromatic carbocycles. The van der Waals surface area contributed by atoms with Gasteiger partial charge in [0, 0.05) is 12.0 Å². The van der Waals surface area contributed by atoms with E-state index in [1.165, 1.54) is 26.4 Å². The first kappa shape index (κ1) is 12.3. The van der Waals surface area contributed by atoms with Crippen LogP contribution in [0.1, 0.15) is 16.8 Å². The quantitative estimate of drug-likeness (QED) is 0.732. The second-order valence-electron chi connectivity index (χ2n) is 3.13. The molecule has 0 unspecified atom stereocenters. The molecule has 0 aromatic heterocycles. The molecule has 0 spiro atoms. The number of carbonyl (C=O) groups excluding carboxylic acids is 1. The predicted molar refractivity (Wildman–Crippen MR) is 57.2 cm³/mol. The Kier molecular flexibility index (Phi) is 4.13. The highest BCUT2D eigenvalue weighted by Gasteiger charge is 2.14. The smallest absolute Gasteiger partial charge is 0.200 e. The SMILES string of the molecule is COc1cc(C(=O)CCO)cc(OC)c1O. The minimum Gasteiger partial charge on any atom is -0.502 e. The number of methoxy groups -OCH3 is 2. The Morgan fingerprint density at radius 2 is 1.75 bits per heavy atom. The van der Waals surface area contributed by atoms with Crippen LogP contribution in [0.15, 0.2) is 12.1 Å². The normalized spacial score (nSPS) is 9.94. The summed E-state index contributed by atoms with van der Waals surface area (Å²) in [5.41, 5.74) is 0.334. The second-order valence-corrected chi connectivity index (χ2v) is 3.13. The lowest BCUT2D eigenvalue weighted by Crippen LogP contribution is -2.03. The largest absolute Gasteiger partial charge is 0.502 e. The molecule has 0 aliphatic rings. The average Bonchev–Trinajstić information content (AvgIpc) is 2.29. The van der Waals surface area contributed by atoms with Crippen molar-refractivity contribution in [2.45, 2.75) is 6.42 Å². The highest BCUT2D eigenvalue weighted by Crippen LogP contribution is 2.37. The summed E-state index contributed by atoms with van der Waals surface area (Å²) in [6.07, 6.45) is 0.0249. The van der Waals surface area contributed by atoms with Gasteiger partial charge in [-0.25, -0.2) is 0 Å². The standard InChI is InChI=1S/C11H14O5/c1-15-9-5-7(8(13)3-4-12)6-10(16-2)11(9)14/h5-6,12,14H,3-4H2,1-2H3. The van der Waals surface area contributed by atoms with Gasteiger partial charge in [-0.05, 0) is 12.1 Å². The molecule has 0 saturated carbocycles. The summed E-state index contributed by atoms with van der Waals surface area (Å²) in [6, 6.07) is 2.83. The van der Waals surface area contributed by atoms with Gasteiger partial charge in [0.25, 0.3) is 0 Å². The first-order chi connectivity index (χ1) is 7.63. The maximum absolute atomic E-state index is 11.5. The Morgan fingerprint density at radius 3 is 2.12 bits per heavy atom. The fourth-order valence-corrected chi connectivity index (χ4v) is 1.30. The molecule has 5 nitrogen and oxygen atoms in total. The number of aromatic hydroxyl groups is 1. The molecule has 1 rings (SSSR count). The topological polar surface area (TPSA) is 76.0 Å². The summed E-state index contributed by atoms with van der Waals surface area (Å²) < 4.78 is 9.82. The van der Waals surface area contributed by atoms with Crippen molar-refractivity contribution >= 4 is 5.78 Å². The minimum absolute atomic E-state index is 0.0249. The summed E-state index contributed by atoms with van der Waals surface area (Å²) >= 11 is 0. The summed E-state index contributed by atoms with van der Waals surface area (Å²) in [4.78, 5) is 11.5. The zero-order chi connectivity index (χ0) is 12.1. The Balaban J connectivity index is 3.16. The van der Waals surface area contributed by atoms with E-state index in [0.29, 0.717) is 5.56 Å². The first-order valence-electron chi connectivity index (χ1n) is 4.73. The monoisotopic (exact) mass is 226 g/mol. The summed E-state index contributed by atoms with van der Waals surface area (Å²) in [6.45, 7) is -0.218. The molecule has 0 heterocycles. The number of ether oxygens (including phenoxy) is 2. The van der Waals surface area contributed by atoms with Crippen LogP contribution in [0.4, 0.5) is 0 Å². The number of phenols is 1. The van der Waals surface area contributed by atoms with E-state index in [9.17, 15) is 9.90 Å². The van der Waals surface area contributed by atoms with Crippen molar-refractivity contribution in [3.05, 3.63) is 17.7 Å². The lowest BCUT2D eigenvalue weighted by Gasteiger charge is -2.10. The van der Waals surface area contributed by atoms with E-state index in [1.54, 1.807) is 0 Å². The number of benzene rings is 1. The van der Waals surface area contributed by atoms with Crippen molar-refractivity contribution in [1.82, 2.24) is 0 Å². The Bertz CT molecular complexity index is 361. The molecule has 2 N–H and O–H groups in total. The summed E-state index contributed by atoms with van der Waals surface area (Å²) in [5.74, 6) is -0.0501. The molecule has 5 heteroatoms. The van der Waals surface area contributed by atoms with Gasteiger partial charge in [0.05, 0.1) is 20.8 Å². The Labute approximate surface area is 93.2 Å². The number of carbonyl (C=O) groups is 1. The van der Waals surface area contributed by atoms with Crippen LogP contribution in [-0.4, -0.2) is 36.8 Å². The zero-order valence-electron chi connectivity index (χ0n) is 9.19. The van der Waals surface area contributed by atoms with Gasteiger partial charge >= 0.3 is 0 Å². The lowest BCUT2D eigenvalue weighted by atomic mass is 10.1. The van der Waals surface area contributed by atoms with Gasteiger partial charge in [-0.3, -0.25) is 4.79 Å². The molecular formula is C11H14O5. The number of hydrogen-bond donors (Lipinski definition) is 2. The van der Waals surface area contributed by atoms with E-state index < -0.39 is 0 Å². The molecule has 0 bridgehead atoms. The fourth-order valence-electron chi connectivity index (χ4n) is 1.30. The number of Topliss-reactive ketones (excluding diaryl/α,β-unsaturated/α-hetero) is 1. The fraction of sp³-hybridized carbons (Fsp3) is 0.364. The highest BCUT2D eigenvalue weighted by molar-refractivity contribution is 5.97. The van der Waals surface area contributed by atoms with Gasteiger partial charge < -0.3 is 19.7 Å². The van der Waals surface area contributed by atoms with Crippen LogP contribution in [0.3, 0.4) is 0 Å². The molecule has 0 radical (unpaired) electrons. The number of phenolic OH excluding ortho intramolecular Hbond substituents is 1. The molecule has 0 fully saturated rings. The van der Waals surface area contributed by atoms with Crippen molar-refractivity contribution in [3.63, 3.8) is 0 Å². The van der Waals surface area contributed by atoms with Crippen LogP contribution in [0.2, 0.25) is 0 Å². The number of hydrogen-bond acceptors (Lipinski definition) is 5. The zero-order valence-corrected chi connectivity index (χ0v) is 9.19. The summed E-state index contributed by atoms with van der Waals surface area (Å²) in [7, 11) is 2.77. The van der Waals surface area contributed by atoms with Crippen molar-refractivity contribution in [2.75, 3.05) is 20.8 Å². The summed E-state index contributed by atoms with van der Waals surface area (Å²) in [5, 5.41) is 18.3. The van der Waals surface area contributed by atoms with E-state index in [4.69, 9.17) is 14.6 Å². The van der Waals surface area contributed by atoms with Crippen LogP contribution >= 0.6 is 0 Å². The predicted octanol–water partition coefficient (Wildman–Crippen LogP) is 0.974. The van der Waals surface area contributed by atoms with Crippen molar-refractivity contribution < 1.29 is 24.5 Å². The average molecular weight is 226 g/mol. The van der Waals surface area contributed by atoms with E-state index >= 15 is 0 Å². The van der Waals surface area contributed by atoms with Crippen LogP contribution in [0.25, 0.3) is 0 Å². The first-order valence-corrected chi connectivity index (χ1v) is 4.73. The number of rotatable bonds is 5. The van der Waals surface area contributed by atoms with E-state index in [-0.39, 0.29) is 36.1 Å². The molecule has 0 atom stereocenters. The molecule has 0 aliphatic carbocycles. The molecule has 0 saturated heterocycles. The van der Waals surface area contributed by atoms with Gasteiger partial charge in [0.1, 0.15) is 0 Å². The van der Waals surface area contributed by atoms with Crippen LogP contribution in [0.5, 0.6) is 17.2 Å². The molecule has 88 valence electrons. The molecular weight excluding hydrogens is 212 g/mol. The Hall–Kier alpha value is -1.75. The lowest BCUT2D eigenvalue weighted by molar-refractivity contribution is 0.0956. The van der Waals surface area contributed by atoms with Crippen LogP contribution in [0, 0.1) is 0 Å². The third-order valence-electron chi connectivity index (χ3n) is 2.14. The number of aliphatic hydroxyl groups is 1. The molecule has 0 aliphatic heterocycles. The van der Waals surface area contributed by atoms with E-state index in [2.05, 4.69) is 0 Å². The van der Waals surface area contributed by atoms with Crippen LogP contribution in [-0.2, 0) is 0 Å². The van der Waals surface area contributed by atoms with Crippen molar-refractivity contribution in [1.29, 1.82) is 0 Å². The number of aliphatic hydroxyl groups excluding tert-OH is 1. The molecule has 1 aromatic rings. The third-order valence-corrected chi connectivity index (χ3v) is 2.14. The van der Waals surface area contributed by atoms with Gasteiger partial charge in [-0.15, -0.1) is 0 Å². The van der Waals surface area contributed by atoms with Crippen molar-refractivity contribution in [2.24, 2.45) is 0 Å². The minimum atomic E-state index is -0.237. The molecule has 16 heavy (non-hydrogen) atoms. The van der Waals surface area contributed by atoms with Crippen LogP contribution < -0.4 is 9.47 Å². The van der Waals surface area contributed by atoms with Crippen molar-refractivity contribution in [3.8, 4) is 17.2 Å². The maximum Gasteiger partial charge on any atom is 0.200 e. The van der Waals surface area contributed by atoms with E-state index in [0.717, 1.165) is 0 Å². The third kappa shape index (κ3) is 2.43. The van der Waals surface area contributed by atoms with Gasteiger partial charge in [0.15, 0.2) is 17.3 Å².